The standard InChI is InChI=1S/C14H26N4/c1-10(2)14-11(9-18(3)17-14)8-16-13-6-4-12(15)5-7-13/h9-10,12-13,16H,4-8,15H2,1-3H3. The summed E-state index contributed by atoms with van der Waals surface area (Å²) in [5.74, 6) is 0.489. The fourth-order valence-electron chi connectivity index (χ4n) is 2.75. The Balaban J connectivity index is 1.90. The largest absolute Gasteiger partial charge is 0.328 e. The summed E-state index contributed by atoms with van der Waals surface area (Å²) in [6, 6.07) is 1.05. The summed E-state index contributed by atoms with van der Waals surface area (Å²) >= 11 is 0. The van der Waals surface area contributed by atoms with Crippen LogP contribution in [0.25, 0.3) is 0 Å². The lowest BCUT2D eigenvalue weighted by molar-refractivity contribution is 0.341. The van der Waals surface area contributed by atoms with Gasteiger partial charge in [-0.1, -0.05) is 13.8 Å². The molecule has 1 fully saturated rings. The Morgan fingerprint density at radius 3 is 2.67 bits per heavy atom. The quantitative estimate of drug-likeness (QED) is 0.858. The minimum atomic E-state index is 0.424. The lowest BCUT2D eigenvalue weighted by Gasteiger charge is -2.27. The Labute approximate surface area is 110 Å². The van der Waals surface area contributed by atoms with E-state index < -0.39 is 0 Å². The van der Waals surface area contributed by atoms with Crippen molar-refractivity contribution in [3.63, 3.8) is 0 Å². The van der Waals surface area contributed by atoms with E-state index in [1.165, 1.54) is 24.1 Å². The van der Waals surface area contributed by atoms with E-state index in [1.807, 2.05) is 11.7 Å². The minimum absolute atomic E-state index is 0.424. The molecule has 0 amide bonds. The minimum Gasteiger partial charge on any atom is -0.328 e. The van der Waals surface area contributed by atoms with Gasteiger partial charge in [-0.25, -0.2) is 0 Å². The summed E-state index contributed by atoms with van der Waals surface area (Å²) in [5.41, 5.74) is 8.49. The molecule has 0 spiro atoms. The smallest absolute Gasteiger partial charge is 0.0694 e. The van der Waals surface area contributed by atoms with Gasteiger partial charge in [0.25, 0.3) is 0 Å². The Hall–Kier alpha value is -0.870. The van der Waals surface area contributed by atoms with E-state index >= 15 is 0 Å². The number of aromatic nitrogens is 2. The molecule has 18 heavy (non-hydrogen) atoms. The molecular weight excluding hydrogens is 224 g/mol. The van der Waals surface area contributed by atoms with Crippen LogP contribution in [0.15, 0.2) is 6.20 Å². The van der Waals surface area contributed by atoms with Crippen molar-refractivity contribution in [2.45, 2.75) is 64.1 Å². The van der Waals surface area contributed by atoms with Gasteiger partial charge in [0.1, 0.15) is 0 Å². The molecule has 4 heteroatoms. The summed E-state index contributed by atoms with van der Waals surface area (Å²) in [7, 11) is 2.00. The molecule has 4 nitrogen and oxygen atoms in total. The molecule has 0 aliphatic heterocycles. The number of rotatable bonds is 4. The van der Waals surface area contributed by atoms with Gasteiger partial charge < -0.3 is 11.1 Å². The first kappa shape index (κ1) is 13.6. The van der Waals surface area contributed by atoms with E-state index in [1.54, 1.807) is 0 Å². The summed E-state index contributed by atoms with van der Waals surface area (Å²) < 4.78 is 1.92. The highest BCUT2D eigenvalue weighted by atomic mass is 15.3. The fraction of sp³-hybridized carbons (Fsp3) is 0.786. The molecule has 102 valence electrons. The van der Waals surface area contributed by atoms with Crippen LogP contribution >= 0.6 is 0 Å². The first-order chi connectivity index (χ1) is 8.56. The van der Waals surface area contributed by atoms with Crippen molar-refractivity contribution in [3.05, 3.63) is 17.5 Å². The second-order valence-corrected chi connectivity index (χ2v) is 5.86. The number of hydrogen-bond acceptors (Lipinski definition) is 3. The Morgan fingerprint density at radius 1 is 1.39 bits per heavy atom. The molecule has 1 aromatic rings. The maximum absolute atomic E-state index is 5.93. The van der Waals surface area contributed by atoms with Crippen molar-refractivity contribution in [3.8, 4) is 0 Å². The summed E-state index contributed by atoms with van der Waals surface area (Å²) in [6.07, 6.45) is 6.86. The highest BCUT2D eigenvalue weighted by Crippen LogP contribution is 2.20. The summed E-state index contributed by atoms with van der Waals surface area (Å²) in [5, 5.41) is 8.20. The molecule has 1 aromatic heterocycles. The molecule has 0 bridgehead atoms. The average Bonchev–Trinajstić information content (AvgIpc) is 2.70. The van der Waals surface area contributed by atoms with Crippen molar-refractivity contribution >= 4 is 0 Å². The van der Waals surface area contributed by atoms with Crippen molar-refractivity contribution in [1.82, 2.24) is 15.1 Å². The zero-order valence-electron chi connectivity index (χ0n) is 11.8. The van der Waals surface area contributed by atoms with Crippen LogP contribution in [0.5, 0.6) is 0 Å². The molecule has 0 atom stereocenters. The molecule has 1 aliphatic carbocycles. The number of nitrogens with two attached hydrogens (primary N) is 1. The first-order valence-corrected chi connectivity index (χ1v) is 7.07. The van der Waals surface area contributed by atoms with Crippen LogP contribution in [0, 0.1) is 0 Å². The second-order valence-electron chi connectivity index (χ2n) is 5.86. The average molecular weight is 250 g/mol. The predicted octanol–water partition coefficient (Wildman–Crippen LogP) is 1.90. The van der Waals surface area contributed by atoms with E-state index in [0.29, 0.717) is 18.0 Å². The van der Waals surface area contributed by atoms with Crippen LogP contribution in [0.3, 0.4) is 0 Å². The molecule has 1 saturated carbocycles. The van der Waals surface area contributed by atoms with Crippen LogP contribution < -0.4 is 11.1 Å². The maximum Gasteiger partial charge on any atom is 0.0694 e. The third-order valence-electron chi connectivity index (χ3n) is 3.84. The van der Waals surface area contributed by atoms with E-state index in [-0.39, 0.29) is 0 Å². The molecule has 2 rings (SSSR count). The SMILES string of the molecule is CC(C)c1nn(C)cc1CNC1CCC(N)CC1. The lowest BCUT2D eigenvalue weighted by Crippen LogP contribution is -2.37. The molecule has 0 aromatic carbocycles. The van der Waals surface area contributed by atoms with Gasteiger partial charge in [0.2, 0.25) is 0 Å². The molecule has 1 aliphatic rings. The number of nitrogens with one attached hydrogen (secondary N) is 1. The van der Waals surface area contributed by atoms with Crippen LogP contribution in [-0.4, -0.2) is 21.9 Å². The van der Waals surface area contributed by atoms with E-state index in [9.17, 15) is 0 Å². The third-order valence-corrected chi connectivity index (χ3v) is 3.84. The molecule has 0 radical (unpaired) electrons. The van der Waals surface area contributed by atoms with Crippen LogP contribution in [-0.2, 0) is 13.6 Å². The molecule has 0 unspecified atom stereocenters. The highest BCUT2D eigenvalue weighted by Gasteiger charge is 2.19. The van der Waals surface area contributed by atoms with Gasteiger partial charge in [-0.3, -0.25) is 4.68 Å². The van der Waals surface area contributed by atoms with E-state index in [0.717, 1.165) is 19.4 Å². The summed E-state index contributed by atoms with van der Waals surface area (Å²) in [4.78, 5) is 0. The number of aryl methyl sites for hydroxylation is 1. The van der Waals surface area contributed by atoms with Crippen molar-refractivity contribution in [2.75, 3.05) is 0 Å². The van der Waals surface area contributed by atoms with Gasteiger partial charge in [0.15, 0.2) is 0 Å². The Morgan fingerprint density at radius 2 is 2.06 bits per heavy atom. The van der Waals surface area contributed by atoms with Crippen LogP contribution in [0.2, 0.25) is 0 Å². The van der Waals surface area contributed by atoms with E-state index in [4.69, 9.17) is 5.73 Å². The van der Waals surface area contributed by atoms with Gasteiger partial charge in [-0.2, -0.15) is 5.10 Å². The first-order valence-electron chi connectivity index (χ1n) is 7.07. The zero-order valence-corrected chi connectivity index (χ0v) is 11.8. The second kappa shape index (κ2) is 5.85. The van der Waals surface area contributed by atoms with Gasteiger partial charge in [0, 0.05) is 37.4 Å². The Kier molecular flexibility index (Phi) is 4.40. The van der Waals surface area contributed by atoms with Crippen LogP contribution in [0.4, 0.5) is 0 Å². The normalized spacial score (nSPS) is 24.7. The topological polar surface area (TPSA) is 55.9 Å². The van der Waals surface area contributed by atoms with Crippen molar-refractivity contribution in [2.24, 2.45) is 12.8 Å². The number of nitrogens with zero attached hydrogens (tertiary/aromatic N) is 2. The molecular formula is C14H26N4. The lowest BCUT2D eigenvalue weighted by atomic mass is 9.91. The predicted molar refractivity (Wildman–Crippen MR) is 74.4 cm³/mol. The highest BCUT2D eigenvalue weighted by molar-refractivity contribution is 5.20. The van der Waals surface area contributed by atoms with Crippen molar-refractivity contribution in [1.29, 1.82) is 0 Å². The zero-order chi connectivity index (χ0) is 13.1. The van der Waals surface area contributed by atoms with Crippen molar-refractivity contribution < 1.29 is 0 Å². The number of hydrogen-bond donors (Lipinski definition) is 2. The van der Waals surface area contributed by atoms with Gasteiger partial charge in [0.05, 0.1) is 5.69 Å². The Bertz CT molecular complexity index is 375. The van der Waals surface area contributed by atoms with Gasteiger partial charge in [-0.05, 0) is 31.6 Å². The van der Waals surface area contributed by atoms with Crippen LogP contribution in [0.1, 0.15) is 56.7 Å². The maximum atomic E-state index is 5.93. The molecule has 3 N–H and O–H groups in total. The van der Waals surface area contributed by atoms with Gasteiger partial charge >= 0.3 is 0 Å². The summed E-state index contributed by atoms with van der Waals surface area (Å²) in [6.45, 7) is 5.33. The molecule has 1 heterocycles. The van der Waals surface area contributed by atoms with Gasteiger partial charge in [-0.15, -0.1) is 0 Å². The fourth-order valence-corrected chi connectivity index (χ4v) is 2.75. The molecule has 0 saturated heterocycles. The monoisotopic (exact) mass is 250 g/mol. The van der Waals surface area contributed by atoms with E-state index in [2.05, 4.69) is 30.5 Å². The third kappa shape index (κ3) is 3.33.